The summed E-state index contributed by atoms with van der Waals surface area (Å²) in [7, 11) is 2.74. The molecule has 104 valence electrons. The number of likely N-dealkylation sites (N-methyl/N-ethyl adjacent to an activating group) is 1. The molecule has 2 unspecified atom stereocenters. The molecule has 0 spiro atoms. The molecule has 0 radical (unpaired) electrons. The van der Waals surface area contributed by atoms with E-state index in [9.17, 15) is 9.59 Å². The lowest BCUT2D eigenvalue weighted by atomic mass is 9.91. The van der Waals surface area contributed by atoms with E-state index < -0.39 is 6.09 Å². The van der Waals surface area contributed by atoms with Crippen LogP contribution in [0.5, 0.6) is 0 Å². The average Bonchev–Trinajstić information content (AvgIpc) is 2.37. The maximum absolute atomic E-state index is 11.3. The van der Waals surface area contributed by atoms with Crippen molar-refractivity contribution in [1.82, 2.24) is 10.2 Å². The normalized spacial score (nSPS) is 24.4. The molecule has 1 saturated heterocycles. The smallest absolute Gasteiger partial charge is 0.407 e. The highest BCUT2D eigenvalue weighted by Crippen LogP contribution is 2.20. The molecule has 6 heteroatoms. The van der Waals surface area contributed by atoms with Crippen molar-refractivity contribution in [2.24, 2.45) is 5.92 Å². The SMILES string of the molecule is CCN1CC(CC(=O)OC)CC(NC(=O)OC)C1. The molecule has 1 aliphatic rings. The fourth-order valence-corrected chi connectivity index (χ4v) is 2.36. The first-order valence-corrected chi connectivity index (χ1v) is 6.22. The predicted molar refractivity (Wildman–Crippen MR) is 66.2 cm³/mol. The average molecular weight is 258 g/mol. The van der Waals surface area contributed by atoms with Gasteiger partial charge in [-0.1, -0.05) is 6.92 Å². The monoisotopic (exact) mass is 258 g/mol. The highest BCUT2D eigenvalue weighted by molar-refractivity contribution is 5.69. The molecule has 0 aromatic heterocycles. The van der Waals surface area contributed by atoms with Crippen LogP contribution in [0.25, 0.3) is 0 Å². The number of nitrogens with zero attached hydrogens (tertiary/aromatic N) is 1. The molecular weight excluding hydrogens is 236 g/mol. The van der Waals surface area contributed by atoms with Gasteiger partial charge >= 0.3 is 12.1 Å². The number of ether oxygens (including phenoxy) is 2. The Labute approximate surface area is 108 Å². The second-order valence-electron chi connectivity index (χ2n) is 4.57. The summed E-state index contributed by atoms with van der Waals surface area (Å²) in [5.41, 5.74) is 0. The highest BCUT2D eigenvalue weighted by atomic mass is 16.5. The lowest BCUT2D eigenvalue weighted by Gasteiger charge is -2.36. The third kappa shape index (κ3) is 4.52. The minimum absolute atomic E-state index is 0.0285. The van der Waals surface area contributed by atoms with Gasteiger partial charge in [0.25, 0.3) is 0 Å². The molecule has 1 fully saturated rings. The molecule has 0 aliphatic carbocycles. The van der Waals surface area contributed by atoms with Crippen LogP contribution in [-0.2, 0) is 14.3 Å². The predicted octanol–water partition coefficient (Wildman–Crippen LogP) is 0.616. The number of esters is 1. The van der Waals surface area contributed by atoms with E-state index in [4.69, 9.17) is 0 Å². The second-order valence-corrected chi connectivity index (χ2v) is 4.57. The topological polar surface area (TPSA) is 67.9 Å². The second kappa shape index (κ2) is 7.20. The Bertz CT molecular complexity index is 270. The van der Waals surface area contributed by atoms with Gasteiger partial charge in [0, 0.05) is 25.6 Å². The number of rotatable bonds is 4. The van der Waals surface area contributed by atoms with E-state index in [-0.39, 0.29) is 17.9 Å². The number of carbonyl (C=O) groups is 2. The summed E-state index contributed by atoms with van der Waals surface area (Å²) in [6.07, 6.45) is 0.752. The van der Waals surface area contributed by atoms with Gasteiger partial charge in [-0.05, 0) is 18.9 Å². The molecule has 1 rings (SSSR count). The summed E-state index contributed by atoms with van der Waals surface area (Å²) < 4.78 is 9.29. The molecule has 2 atom stereocenters. The maximum atomic E-state index is 11.3. The summed E-state index contributed by atoms with van der Waals surface area (Å²) in [5.74, 6) is 0.0167. The summed E-state index contributed by atoms with van der Waals surface area (Å²) in [6.45, 7) is 4.63. The third-order valence-electron chi connectivity index (χ3n) is 3.25. The van der Waals surface area contributed by atoms with Crippen molar-refractivity contribution in [2.75, 3.05) is 33.9 Å². The number of likely N-dealkylation sites (tertiary alicyclic amines) is 1. The Hall–Kier alpha value is -1.30. The van der Waals surface area contributed by atoms with E-state index in [2.05, 4.69) is 26.6 Å². The first kappa shape index (κ1) is 14.8. The van der Waals surface area contributed by atoms with Crippen LogP contribution in [-0.4, -0.2) is 56.9 Å². The Morgan fingerprint density at radius 2 is 2.00 bits per heavy atom. The van der Waals surface area contributed by atoms with Crippen molar-refractivity contribution in [3.63, 3.8) is 0 Å². The van der Waals surface area contributed by atoms with Gasteiger partial charge in [-0.3, -0.25) is 4.79 Å². The lowest BCUT2D eigenvalue weighted by molar-refractivity contribution is -0.142. The molecule has 0 aromatic rings. The summed E-state index contributed by atoms with van der Waals surface area (Å²) >= 11 is 0. The molecular formula is C12H22N2O4. The first-order chi connectivity index (χ1) is 8.58. The van der Waals surface area contributed by atoms with Crippen LogP contribution in [0.2, 0.25) is 0 Å². The molecule has 1 amide bonds. The van der Waals surface area contributed by atoms with E-state index in [1.807, 2.05) is 0 Å². The number of carbonyl (C=O) groups excluding carboxylic acids is 2. The van der Waals surface area contributed by atoms with Gasteiger partial charge in [-0.2, -0.15) is 0 Å². The fourth-order valence-electron chi connectivity index (χ4n) is 2.36. The zero-order valence-corrected chi connectivity index (χ0v) is 11.3. The molecule has 0 bridgehead atoms. The Kier molecular flexibility index (Phi) is 5.91. The fraction of sp³-hybridized carbons (Fsp3) is 0.833. The van der Waals surface area contributed by atoms with Crippen molar-refractivity contribution in [1.29, 1.82) is 0 Å². The Morgan fingerprint density at radius 3 is 2.56 bits per heavy atom. The standard InChI is InChI=1S/C12H22N2O4/c1-4-14-7-9(6-11(15)17-2)5-10(8-14)13-12(16)18-3/h9-10H,4-8H2,1-3H3,(H,13,16). The molecule has 1 aliphatic heterocycles. The third-order valence-corrected chi connectivity index (χ3v) is 3.25. The number of methoxy groups -OCH3 is 2. The van der Waals surface area contributed by atoms with Crippen molar-refractivity contribution >= 4 is 12.1 Å². The lowest BCUT2D eigenvalue weighted by Crippen LogP contribution is -2.51. The maximum Gasteiger partial charge on any atom is 0.407 e. The summed E-state index contributed by atoms with van der Waals surface area (Å²) in [6, 6.07) is 0.0285. The van der Waals surface area contributed by atoms with Crippen LogP contribution >= 0.6 is 0 Å². The van der Waals surface area contributed by atoms with Crippen molar-refractivity contribution < 1.29 is 19.1 Å². The number of alkyl carbamates (subject to hydrolysis) is 1. The van der Waals surface area contributed by atoms with Crippen LogP contribution in [0.4, 0.5) is 4.79 Å². The summed E-state index contributed by atoms with van der Waals surface area (Å²) in [4.78, 5) is 24.7. The van der Waals surface area contributed by atoms with E-state index in [0.29, 0.717) is 6.42 Å². The van der Waals surface area contributed by atoms with Gasteiger partial charge in [0.15, 0.2) is 0 Å². The zero-order chi connectivity index (χ0) is 13.5. The van der Waals surface area contributed by atoms with Crippen molar-refractivity contribution in [2.45, 2.75) is 25.8 Å². The van der Waals surface area contributed by atoms with Crippen LogP contribution in [0.3, 0.4) is 0 Å². The van der Waals surface area contributed by atoms with Gasteiger partial charge in [0.2, 0.25) is 0 Å². The number of hydrogen-bond acceptors (Lipinski definition) is 5. The molecule has 18 heavy (non-hydrogen) atoms. The molecule has 6 nitrogen and oxygen atoms in total. The van der Waals surface area contributed by atoms with Crippen molar-refractivity contribution in [3.8, 4) is 0 Å². The van der Waals surface area contributed by atoms with Crippen LogP contribution in [0, 0.1) is 5.92 Å². The van der Waals surface area contributed by atoms with Crippen molar-refractivity contribution in [3.05, 3.63) is 0 Å². The molecule has 1 heterocycles. The van der Waals surface area contributed by atoms with Crippen LogP contribution in [0.15, 0.2) is 0 Å². The largest absolute Gasteiger partial charge is 0.469 e. The van der Waals surface area contributed by atoms with Gasteiger partial charge in [-0.25, -0.2) is 4.79 Å². The molecule has 0 saturated carbocycles. The van der Waals surface area contributed by atoms with Gasteiger partial charge < -0.3 is 19.7 Å². The molecule has 0 aromatic carbocycles. The number of amides is 1. The Balaban J connectivity index is 2.53. The van der Waals surface area contributed by atoms with Gasteiger partial charge in [0.1, 0.15) is 0 Å². The minimum atomic E-state index is -0.422. The van der Waals surface area contributed by atoms with E-state index in [1.165, 1.54) is 14.2 Å². The van der Waals surface area contributed by atoms with E-state index >= 15 is 0 Å². The molecule has 1 N–H and O–H groups in total. The van der Waals surface area contributed by atoms with Gasteiger partial charge in [-0.15, -0.1) is 0 Å². The zero-order valence-electron chi connectivity index (χ0n) is 11.3. The first-order valence-electron chi connectivity index (χ1n) is 6.22. The quantitative estimate of drug-likeness (QED) is 0.749. The number of piperidine rings is 1. The van der Waals surface area contributed by atoms with Crippen LogP contribution in [0.1, 0.15) is 19.8 Å². The van der Waals surface area contributed by atoms with E-state index in [0.717, 1.165) is 26.1 Å². The van der Waals surface area contributed by atoms with Gasteiger partial charge in [0.05, 0.1) is 14.2 Å². The van der Waals surface area contributed by atoms with Crippen LogP contribution < -0.4 is 5.32 Å². The summed E-state index contributed by atoms with van der Waals surface area (Å²) in [5, 5.41) is 2.80. The highest BCUT2D eigenvalue weighted by Gasteiger charge is 2.29. The minimum Gasteiger partial charge on any atom is -0.469 e. The van der Waals surface area contributed by atoms with E-state index in [1.54, 1.807) is 0 Å². The Morgan fingerprint density at radius 1 is 1.28 bits per heavy atom. The number of hydrogen-bond donors (Lipinski definition) is 1. The number of nitrogens with one attached hydrogen (secondary N) is 1.